The second kappa shape index (κ2) is 4.96. The van der Waals surface area contributed by atoms with Crippen LogP contribution in [0.4, 0.5) is 0 Å². The highest BCUT2D eigenvalue weighted by atomic mass is 35.5. The molecule has 0 aliphatic carbocycles. The van der Waals surface area contributed by atoms with Gasteiger partial charge in [0.2, 0.25) is 10.0 Å². The van der Waals surface area contributed by atoms with Gasteiger partial charge in [0.05, 0.1) is 5.75 Å². The van der Waals surface area contributed by atoms with Gasteiger partial charge in [-0.15, -0.1) is 0 Å². The van der Waals surface area contributed by atoms with Crippen LogP contribution in [0, 0.1) is 6.92 Å². The first-order valence-corrected chi connectivity index (χ1v) is 6.70. The van der Waals surface area contributed by atoms with Crippen LogP contribution in [-0.4, -0.2) is 14.2 Å². The Bertz CT molecular complexity index is 422. The molecule has 84 valence electrons. The van der Waals surface area contributed by atoms with Crippen molar-refractivity contribution in [3.63, 3.8) is 0 Å². The third kappa shape index (κ3) is 3.48. The summed E-state index contributed by atoms with van der Waals surface area (Å²) in [6.45, 7) is 3.75. The van der Waals surface area contributed by atoms with Crippen molar-refractivity contribution in [1.82, 2.24) is 4.72 Å². The highest BCUT2D eigenvalue weighted by Crippen LogP contribution is 2.19. The lowest BCUT2D eigenvalue weighted by molar-refractivity contribution is 0.582. The number of sulfonamides is 1. The van der Waals surface area contributed by atoms with Gasteiger partial charge in [-0.2, -0.15) is 0 Å². The molecule has 0 heterocycles. The predicted octanol–water partition coefficient (Wildman–Crippen LogP) is 2.09. The van der Waals surface area contributed by atoms with Crippen molar-refractivity contribution in [1.29, 1.82) is 0 Å². The van der Waals surface area contributed by atoms with E-state index >= 15 is 0 Å². The lowest BCUT2D eigenvalue weighted by Gasteiger charge is -2.09. The molecule has 0 unspecified atom stereocenters. The first-order chi connectivity index (χ1) is 6.96. The summed E-state index contributed by atoms with van der Waals surface area (Å²) in [5, 5.41) is 0.591. The van der Waals surface area contributed by atoms with Gasteiger partial charge in [0, 0.05) is 11.6 Å². The number of aryl methyl sites for hydroxylation is 1. The molecule has 1 aromatic rings. The number of hydrogen-bond acceptors (Lipinski definition) is 2. The number of rotatable bonds is 4. The van der Waals surface area contributed by atoms with Gasteiger partial charge in [-0.1, -0.05) is 23.7 Å². The van der Waals surface area contributed by atoms with Gasteiger partial charge in [-0.05, 0) is 31.0 Å². The quantitative estimate of drug-likeness (QED) is 0.886. The zero-order chi connectivity index (χ0) is 11.5. The summed E-state index contributed by atoms with van der Waals surface area (Å²) in [4.78, 5) is 0. The third-order valence-corrected chi connectivity index (χ3v) is 3.90. The summed E-state index contributed by atoms with van der Waals surface area (Å²) in [7, 11) is -3.16. The largest absolute Gasteiger partial charge is 0.212 e. The molecule has 0 saturated heterocycles. The Morgan fingerprint density at radius 2 is 2.07 bits per heavy atom. The minimum absolute atomic E-state index is 0.0799. The van der Waals surface area contributed by atoms with Gasteiger partial charge in [-0.25, -0.2) is 13.1 Å². The standard InChI is InChI=1S/C10H14ClNO2S/c1-3-15(13,14)12-7-9-8(2)5-4-6-10(9)11/h4-6,12H,3,7H2,1-2H3. The molecule has 1 rings (SSSR count). The van der Waals surface area contributed by atoms with E-state index in [1.807, 2.05) is 19.1 Å². The van der Waals surface area contributed by atoms with Gasteiger partial charge in [-0.3, -0.25) is 0 Å². The smallest absolute Gasteiger partial charge is 0.211 e. The van der Waals surface area contributed by atoms with Crippen LogP contribution in [-0.2, 0) is 16.6 Å². The highest BCUT2D eigenvalue weighted by molar-refractivity contribution is 7.89. The summed E-state index contributed by atoms with van der Waals surface area (Å²) < 4.78 is 25.0. The summed E-state index contributed by atoms with van der Waals surface area (Å²) in [6.07, 6.45) is 0. The second-order valence-electron chi connectivity index (χ2n) is 3.26. The number of benzene rings is 1. The normalized spacial score (nSPS) is 11.7. The number of hydrogen-bond donors (Lipinski definition) is 1. The number of nitrogens with one attached hydrogen (secondary N) is 1. The highest BCUT2D eigenvalue weighted by Gasteiger charge is 2.09. The topological polar surface area (TPSA) is 46.2 Å². The predicted molar refractivity (Wildman–Crippen MR) is 62.5 cm³/mol. The van der Waals surface area contributed by atoms with Crippen LogP contribution in [0.2, 0.25) is 5.02 Å². The van der Waals surface area contributed by atoms with Crippen LogP contribution in [0.15, 0.2) is 18.2 Å². The Kier molecular flexibility index (Phi) is 4.13. The van der Waals surface area contributed by atoms with E-state index in [0.717, 1.165) is 11.1 Å². The average Bonchev–Trinajstić information content (AvgIpc) is 2.17. The summed E-state index contributed by atoms with van der Waals surface area (Å²) >= 11 is 5.97. The Balaban J connectivity index is 2.82. The van der Waals surface area contributed by atoms with Crippen LogP contribution >= 0.6 is 11.6 Å². The molecule has 0 spiro atoms. The maximum absolute atomic E-state index is 11.2. The maximum Gasteiger partial charge on any atom is 0.211 e. The molecule has 1 aromatic carbocycles. The molecule has 0 fully saturated rings. The fraction of sp³-hybridized carbons (Fsp3) is 0.400. The molecule has 5 heteroatoms. The Morgan fingerprint density at radius 3 is 2.60 bits per heavy atom. The molecule has 15 heavy (non-hydrogen) atoms. The van der Waals surface area contributed by atoms with Crippen molar-refractivity contribution in [2.75, 3.05) is 5.75 Å². The molecule has 0 bridgehead atoms. The van der Waals surface area contributed by atoms with E-state index < -0.39 is 10.0 Å². The minimum Gasteiger partial charge on any atom is -0.212 e. The van der Waals surface area contributed by atoms with E-state index in [-0.39, 0.29) is 12.3 Å². The Hall–Kier alpha value is -0.580. The van der Waals surface area contributed by atoms with Crippen molar-refractivity contribution >= 4 is 21.6 Å². The van der Waals surface area contributed by atoms with Crippen LogP contribution < -0.4 is 4.72 Å². The SMILES string of the molecule is CCS(=O)(=O)NCc1c(C)cccc1Cl. The Labute approximate surface area is 95.5 Å². The van der Waals surface area contributed by atoms with Gasteiger partial charge in [0.15, 0.2) is 0 Å². The van der Waals surface area contributed by atoms with E-state index in [2.05, 4.69) is 4.72 Å². The molecule has 3 nitrogen and oxygen atoms in total. The zero-order valence-corrected chi connectivity index (χ0v) is 10.3. The monoisotopic (exact) mass is 247 g/mol. The van der Waals surface area contributed by atoms with Crippen LogP contribution in [0.1, 0.15) is 18.1 Å². The molecule has 0 aliphatic rings. The van der Waals surface area contributed by atoms with Crippen LogP contribution in [0.25, 0.3) is 0 Å². The first-order valence-electron chi connectivity index (χ1n) is 4.67. The molecular weight excluding hydrogens is 234 g/mol. The lowest BCUT2D eigenvalue weighted by atomic mass is 10.1. The minimum atomic E-state index is -3.16. The van der Waals surface area contributed by atoms with Crippen LogP contribution in [0.5, 0.6) is 0 Å². The molecule has 1 N–H and O–H groups in total. The average molecular weight is 248 g/mol. The molecule has 0 aliphatic heterocycles. The molecule has 0 aromatic heterocycles. The molecule has 0 radical (unpaired) electrons. The molecule has 0 amide bonds. The van der Waals surface area contributed by atoms with E-state index in [1.165, 1.54) is 0 Å². The fourth-order valence-corrected chi connectivity index (χ4v) is 2.03. The second-order valence-corrected chi connectivity index (χ2v) is 5.76. The number of halogens is 1. The summed E-state index contributed by atoms with van der Waals surface area (Å²) in [6, 6.07) is 5.50. The maximum atomic E-state index is 11.2. The Morgan fingerprint density at radius 1 is 1.40 bits per heavy atom. The van der Waals surface area contributed by atoms with Crippen LogP contribution in [0.3, 0.4) is 0 Å². The molecule has 0 saturated carbocycles. The van der Waals surface area contributed by atoms with Crippen molar-refractivity contribution in [3.8, 4) is 0 Å². The lowest BCUT2D eigenvalue weighted by Crippen LogP contribution is -2.25. The summed E-state index contributed by atoms with van der Waals surface area (Å²) in [5.41, 5.74) is 1.82. The van der Waals surface area contributed by atoms with E-state index in [9.17, 15) is 8.42 Å². The fourth-order valence-electron chi connectivity index (χ4n) is 1.17. The van der Waals surface area contributed by atoms with Gasteiger partial charge >= 0.3 is 0 Å². The molecule has 0 atom stereocenters. The van der Waals surface area contributed by atoms with E-state index in [4.69, 9.17) is 11.6 Å². The van der Waals surface area contributed by atoms with Crippen molar-refractivity contribution in [3.05, 3.63) is 34.3 Å². The van der Waals surface area contributed by atoms with E-state index in [1.54, 1.807) is 13.0 Å². The van der Waals surface area contributed by atoms with E-state index in [0.29, 0.717) is 5.02 Å². The van der Waals surface area contributed by atoms with Gasteiger partial charge < -0.3 is 0 Å². The van der Waals surface area contributed by atoms with Crippen molar-refractivity contribution in [2.24, 2.45) is 0 Å². The first kappa shape index (κ1) is 12.5. The van der Waals surface area contributed by atoms with Crippen molar-refractivity contribution in [2.45, 2.75) is 20.4 Å². The third-order valence-electron chi connectivity index (χ3n) is 2.20. The van der Waals surface area contributed by atoms with Gasteiger partial charge in [0.1, 0.15) is 0 Å². The van der Waals surface area contributed by atoms with Gasteiger partial charge in [0.25, 0.3) is 0 Å². The molecular formula is C10H14ClNO2S. The summed E-state index contributed by atoms with van der Waals surface area (Å²) in [5.74, 6) is 0.0799. The van der Waals surface area contributed by atoms with Crippen molar-refractivity contribution < 1.29 is 8.42 Å². The zero-order valence-electron chi connectivity index (χ0n) is 8.75.